The van der Waals surface area contributed by atoms with Crippen molar-refractivity contribution in [2.24, 2.45) is 11.7 Å². The second-order valence-corrected chi connectivity index (χ2v) is 7.82. The number of carbonyl (C=O) groups excluding carboxylic acids is 3. The molecule has 0 aliphatic rings. The number of hydrogen-bond donors (Lipinski definition) is 6. The van der Waals surface area contributed by atoms with Gasteiger partial charge in [0.05, 0.1) is 6.10 Å². The van der Waals surface area contributed by atoms with Crippen LogP contribution in [0.3, 0.4) is 0 Å². The molecular weight excluding hydrogens is 404 g/mol. The lowest BCUT2D eigenvalue weighted by atomic mass is 10.00. The zero-order valence-electron chi connectivity index (χ0n) is 18.2. The number of nitrogens with one attached hydrogen (secondary N) is 3. The van der Waals surface area contributed by atoms with Crippen LogP contribution in [0.1, 0.15) is 33.3 Å². The number of carboxylic acids is 1. The molecule has 0 radical (unpaired) electrons. The maximum absolute atomic E-state index is 12.9. The van der Waals surface area contributed by atoms with Crippen molar-refractivity contribution in [3.05, 3.63) is 35.9 Å². The third kappa shape index (κ3) is 8.35. The molecule has 1 rings (SSSR count). The average molecular weight is 437 g/mol. The van der Waals surface area contributed by atoms with E-state index in [0.717, 1.165) is 5.56 Å². The van der Waals surface area contributed by atoms with Gasteiger partial charge >= 0.3 is 5.97 Å². The number of aliphatic hydroxyl groups is 1. The molecule has 0 saturated heterocycles. The molecule has 10 heteroatoms. The molecule has 0 fully saturated rings. The Hall–Kier alpha value is -2.98. The van der Waals surface area contributed by atoms with Gasteiger partial charge in [0, 0.05) is 6.42 Å². The standard InChI is InChI=1S/C21H32N4O6/c1-11(2)17(25-19(28)16(22)13(4)26)20(29)24-15(10-14-8-6-5-7-9-14)18(27)23-12(3)21(30)31/h5-9,11-13,15-17,26H,10,22H2,1-4H3,(H,23,27)(H,24,29)(H,25,28)(H,30,31)/t12-,13+,15-,16-,17-/m0/s1. The van der Waals surface area contributed by atoms with Gasteiger partial charge in [-0.25, -0.2) is 0 Å². The van der Waals surface area contributed by atoms with E-state index < -0.39 is 54.0 Å². The quantitative estimate of drug-likeness (QED) is 0.262. The van der Waals surface area contributed by atoms with Crippen LogP contribution in [0.15, 0.2) is 30.3 Å². The molecule has 0 unspecified atom stereocenters. The number of carbonyl (C=O) groups is 4. The highest BCUT2D eigenvalue weighted by molar-refractivity contribution is 5.94. The molecule has 0 spiro atoms. The summed E-state index contributed by atoms with van der Waals surface area (Å²) < 4.78 is 0. The van der Waals surface area contributed by atoms with E-state index in [9.17, 15) is 24.3 Å². The fourth-order valence-corrected chi connectivity index (χ4v) is 2.70. The van der Waals surface area contributed by atoms with Gasteiger partial charge in [-0.1, -0.05) is 44.2 Å². The van der Waals surface area contributed by atoms with E-state index in [0.29, 0.717) is 0 Å². The first-order chi connectivity index (χ1) is 14.4. The first-order valence-corrected chi connectivity index (χ1v) is 10.1. The highest BCUT2D eigenvalue weighted by Gasteiger charge is 2.31. The lowest BCUT2D eigenvalue weighted by Gasteiger charge is -2.27. The van der Waals surface area contributed by atoms with Crippen molar-refractivity contribution in [3.8, 4) is 0 Å². The van der Waals surface area contributed by atoms with E-state index in [1.807, 2.05) is 0 Å². The Balaban J connectivity index is 3.02. The maximum Gasteiger partial charge on any atom is 0.325 e. The van der Waals surface area contributed by atoms with Gasteiger partial charge in [0.15, 0.2) is 0 Å². The zero-order valence-corrected chi connectivity index (χ0v) is 18.2. The van der Waals surface area contributed by atoms with Crippen LogP contribution in [0.25, 0.3) is 0 Å². The van der Waals surface area contributed by atoms with Crippen LogP contribution >= 0.6 is 0 Å². The van der Waals surface area contributed by atoms with Gasteiger partial charge in [-0.2, -0.15) is 0 Å². The first kappa shape index (κ1) is 26.1. The summed E-state index contributed by atoms with van der Waals surface area (Å²) in [6, 6.07) is 4.47. The summed E-state index contributed by atoms with van der Waals surface area (Å²) in [5.41, 5.74) is 6.39. The molecule has 0 saturated carbocycles. The van der Waals surface area contributed by atoms with Crippen molar-refractivity contribution in [1.29, 1.82) is 0 Å². The Bertz CT molecular complexity index is 768. The summed E-state index contributed by atoms with van der Waals surface area (Å²) in [4.78, 5) is 48.9. The minimum atomic E-state index is -1.21. The third-order valence-electron chi connectivity index (χ3n) is 4.71. The predicted molar refractivity (Wildman–Crippen MR) is 114 cm³/mol. The van der Waals surface area contributed by atoms with Gasteiger partial charge in [-0.3, -0.25) is 19.2 Å². The monoisotopic (exact) mass is 436 g/mol. The van der Waals surface area contributed by atoms with Crippen LogP contribution in [-0.2, 0) is 25.6 Å². The van der Waals surface area contributed by atoms with Crippen molar-refractivity contribution in [3.63, 3.8) is 0 Å². The lowest BCUT2D eigenvalue weighted by molar-refractivity contribution is -0.141. The van der Waals surface area contributed by atoms with Gasteiger partial charge < -0.3 is 31.9 Å². The van der Waals surface area contributed by atoms with E-state index in [-0.39, 0.29) is 12.3 Å². The number of aliphatic hydroxyl groups excluding tert-OH is 1. The molecule has 0 bridgehead atoms. The topological polar surface area (TPSA) is 171 Å². The molecule has 7 N–H and O–H groups in total. The van der Waals surface area contributed by atoms with Crippen molar-refractivity contribution < 1.29 is 29.4 Å². The Kier molecular flexibility index (Phi) is 10.1. The smallest absolute Gasteiger partial charge is 0.325 e. The Morgan fingerprint density at radius 2 is 1.48 bits per heavy atom. The van der Waals surface area contributed by atoms with Crippen molar-refractivity contribution in [2.75, 3.05) is 0 Å². The molecule has 172 valence electrons. The second-order valence-electron chi connectivity index (χ2n) is 7.82. The molecular formula is C21H32N4O6. The summed E-state index contributed by atoms with van der Waals surface area (Å²) >= 11 is 0. The molecule has 0 aliphatic heterocycles. The first-order valence-electron chi connectivity index (χ1n) is 10.1. The molecule has 31 heavy (non-hydrogen) atoms. The highest BCUT2D eigenvalue weighted by Crippen LogP contribution is 2.08. The van der Waals surface area contributed by atoms with E-state index in [4.69, 9.17) is 10.8 Å². The Morgan fingerprint density at radius 1 is 0.903 bits per heavy atom. The molecule has 0 heterocycles. The molecule has 10 nitrogen and oxygen atoms in total. The summed E-state index contributed by atoms with van der Waals surface area (Å²) in [6.45, 7) is 6.09. The van der Waals surface area contributed by atoms with E-state index in [1.54, 1.807) is 44.2 Å². The Morgan fingerprint density at radius 3 is 1.97 bits per heavy atom. The van der Waals surface area contributed by atoms with Gasteiger partial charge in [-0.05, 0) is 25.3 Å². The normalized spacial score (nSPS) is 15.8. The molecule has 5 atom stereocenters. The predicted octanol–water partition coefficient (Wildman–Crippen LogP) is -0.848. The van der Waals surface area contributed by atoms with E-state index in [1.165, 1.54) is 13.8 Å². The van der Waals surface area contributed by atoms with Crippen molar-refractivity contribution in [2.45, 2.75) is 64.4 Å². The average Bonchev–Trinajstić information content (AvgIpc) is 2.70. The largest absolute Gasteiger partial charge is 0.480 e. The van der Waals surface area contributed by atoms with Gasteiger partial charge in [0.1, 0.15) is 24.2 Å². The number of benzene rings is 1. The summed E-state index contributed by atoms with van der Waals surface area (Å²) in [6.07, 6.45) is -0.985. The fraction of sp³-hybridized carbons (Fsp3) is 0.524. The SMILES string of the molecule is CC(C)[C@H](NC(=O)[C@@H](N)[C@@H](C)O)C(=O)N[C@@H](Cc1ccccc1)C(=O)N[C@@H](C)C(=O)O. The lowest BCUT2D eigenvalue weighted by Crippen LogP contribution is -2.59. The molecule has 1 aromatic carbocycles. The molecule has 1 aromatic rings. The van der Waals surface area contributed by atoms with Crippen molar-refractivity contribution in [1.82, 2.24) is 16.0 Å². The maximum atomic E-state index is 12.9. The van der Waals surface area contributed by atoms with Crippen LogP contribution in [-0.4, -0.2) is 64.2 Å². The van der Waals surface area contributed by atoms with Crippen LogP contribution in [0.4, 0.5) is 0 Å². The molecule has 3 amide bonds. The van der Waals surface area contributed by atoms with Gasteiger partial charge in [0.2, 0.25) is 17.7 Å². The van der Waals surface area contributed by atoms with Gasteiger partial charge in [0.25, 0.3) is 0 Å². The van der Waals surface area contributed by atoms with Crippen LogP contribution in [0.5, 0.6) is 0 Å². The van der Waals surface area contributed by atoms with Gasteiger partial charge in [-0.15, -0.1) is 0 Å². The number of nitrogens with two attached hydrogens (primary N) is 1. The van der Waals surface area contributed by atoms with Crippen LogP contribution < -0.4 is 21.7 Å². The number of hydrogen-bond acceptors (Lipinski definition) is 6. The number of aliphatic carboxylic acids is 1. The summed E-state index contributed by atoms with van der Waals surface area (Å²) in [7, 11) is 0. The van der Waals surface area contributed by atoms with Crippen LogP contribution in [0, 0.1) is 5.92 Å². The summed E-state index contributed by atoms with van der Waals surface area (Å²) in [5, 5.41) is 26.0. The number of rotatable bonds is 11. The highest BCUT2D eigenvalue weighted by atomic mass is 16.4. The minimum absolute atomic E-state index is 0.122. The minimum Gasteiger partial charge on any atom is -0.480 e. The third-order valence-corrected chi connectivity index (χ3v) is 4.71. The molecule has 0 aromatic heterocycles. The van der Waals surface area contributed by atoms with E-state index in [2.05, 4.69) is 16.0 Å². The zero-order chi connectivity index (χ0) is 23.7. The van der Waals surface area contributed by atoms with E-state index >= 15 is 0 Å². The van der Waals surface area contributed by atoms with Crippen molar-refractivity contribution >= 4 is 23.7 Å². The molecule has 0 aliphatic carbocycles. The van der Waals surface area contributed by atoms with Crippen LogP contribution in [0.2, 0.25) is 0 Å². The number of carboxylic acid groups (broad SMARTS) is 1. The second kappa shape index (κ2) is 12.0. The fourth-order valence-electron chi connectivity index (χ4n) is 2.70. The number of amides is 3. The Labute approximate surface area is 181 Å². The summed E-state index contributed by atoms with van der Waals surface area (Å²) in [5.74, 6) is -3.55.